The fraction of sp³-hybridized carbons (Fsp3) is 0.597. The standard InChI is InChI=1S/C77H111N3O29S3.2Na/c1-60-10-23-73(81)80(60)109-74(82)24-29-95-40-45-103-56-57-107-49-44-99-33-28-79-70-20-18-66(112(89,90)91)59-68(70)77(3,26-31-97-42-47-105-54-51-101-38-35-93-5)72(79)22-12-62-9-7-8-61(75(62)108-63-13-15-64(16-14-63)110(83,84)85)11-21-71-76(2,25-30-96-41-46-104-53-50-100-37-34-92-4)67-58-65(111(86,87)88)17-19-69(67)78(71)27-32-98-43-48-106-55-52-102-39-36-94-6;;/h11-22,58-59H,1,7-10,23-57H2,2-6H3,(H2-,83,84,85,86,87,88,89,90,91);;/q;2*+1/p-1. The van der Waals surface area contributed by atoms with Crippen LogP contribution in [-0.2, 0) is 131 Å². The van der Waals surface area contributed by atoms with Crippen LogP contribution in [-0.4, -0.2) is 292 Å². The topological polar surface area (TPSA) is 379 Å². The molecule has 37 heteroatoms. The molecule has 3 aromatic rings. The van der Waals surface area contributed by atoms with Gasteiger partial charge in [-0.15, -0.1) is 5.06 Å². The number of hydrogen-bond acceptors (Lipinski definition) is 29. The minimum absolute atomic E-state index is 0. The van der Waals surface area contributed by atoms with Crippen LogP contribution in [0.25, 0.3) is 0 Å². The van der Waals surface area contributed by atoms with Crippen molar-refractivity contribution in [3.05, 3.63) is 131 Å². The number of ether oxygens (including phenoxy) is 17. The van der Waals surface area contributed by atoms with Crippen LogP contribution in [0, 0.1) is 0 Å². The van der Waals surface area contributed by atoms with Gasteiger partial charge in [0.1, 0.15) is 38.4 Å². The Bertz CT molecular complexity index is 3960. The van der Waals surface area contributed by atoms with Crippen molar-refractivity contribution < 1.29 is 198 Å². The molecule has 1 fully saturated rings. The van der Waals surface area contributed by atoms with Crippen LogP contribution in [0.1, 0.15) is 76.3 Å². The van der Waals surface area contributed by atoms with Crippen molar-refractivity contribution in [3.8, 4) is 5.75 Å². The monoisotopic (exact) mass is 1680 g/mol. The van der Waals surface area contributed by atoms with Crippen LogP contribution in [0.4, 0.5) is 11.4 Å². The van der Waals surface area contributed by atoms with Crippen LogP contribution < -0.4 is 68.8 Å². The van der Waals surface area contributed by atoms with Crippen molar-refractivity contribution >= 4 is 59.3 Å². The summed E-state index contributed by atoms with van der Waals surface area (Å²) >= 11 is 0. The number of anilines is 1. The number of hydrogen-bond donors (Lipinski definition) is 1. The Balaban J connectivity index is 0.0000116. The molecule has 0 bridgehead atoms. The number of nitrogens with zero attached hydrogens (tertiary/aromatic N) is 3. The van der Waals surface area contributed by atoms with Gasteiger partial charge in [0.05, 0.1) is 204 Å². The van der Waals surface area contributed by atoms with E-state index >= 15 is 0 Å². The maximum Gasteiger partial charge on any atom is 1.00 e. The Hall–Kier alpha value is -4.34. The zero-order valence-corrected chi connectivity index (χ0v) is 73.3. The molecule has 114 heavy (non-hydrogen) atoms. The number of carbonyl (C=O) groups excluding carboxylic acids is 2. The third-order valence-corrected chi connectivity index (χ3v) is 21.1. The Labute approximate surface area is 714 Å². The number of fused-ring (bicyclic) bond motifs is 2. The van der Waals surface area contributed by atoms with E-state index in [0.29, 0.717) is 168 Å². The minimum atomic E-state index is -4.96. The molecule has 3 aromatic carbocycles. The molecule has 4 aliphatic rings. The van der Waals surface area contributed by atoms with Crippen LogP contribution in [0.2, 0.25) is 0 Å². The second-order valence-electron chi connectivity index (χ2n) is 26.4. The number of allylic oxidation sites excluding steroid dienone is 8. The van der Waals surface area contributed by atoms with E-state index < -0.39 is 56.9 Å². The van der Waals surface area contributed by atoms with Crippen LogP contribution in [0.5, 0.6) is 5.75 Å². The van der Waals surface area contributed by atoms with Crippen LogP contribution in [0.3, 0.4) is 0 Å². The normalized spacial score (nSPS) is 17.9. The number of amides is 1. The third-order valence-electron chi connectivity index (χ3n) is 18.5. The van der Waals surface area contributed by atoms with Crippen molar-refractivity contribution in [2.75, 3.05) is 231 Å². The van der Waals surface area contributed by atoms with Gasteiger partial charge in [-0.3, -0.25) is 9.35 Å². The van der Waals surface area contributed by atoms with Crippen molar-refractivity contribution in [1.29, 1.82) is 0 Å². The fourth-order valence-electron chi connectivity index (χ4n) is 12.6. The molecular weight excluding hydrogens is 1570 g/mol. The number of benzene rings is 3. The summed E-state index contributed by atoms with van der Waals surface area (Å²) in [6.45, 7) is 16.4. The number of carbonyl (C=O) groups is 2. The molecule has 1 saturated heterocycles. The van der Waals surface area contributed by atoms with Gasteiger partial charge in [0.2, 0.25) is 5.69 Å². The quantitative estimate of drug-likeness (QED) is 0.0351. The van der Waals surface area contributed by atoms with E-state index in [4.69, 9.17) is 85.4 Å². The second kappa shape index (κ2) is 53.3. The predicted octanol–water partition coefficient (Wildman–Crippen LogP) is 0.687. The SMILES string of the molecule is C=C1CCC(=O)N1OC(=O)CCOCCOCCOCCOCC[N+]1=C(C=CC2=C(Oc3ccc(S(=O)(=O)[O-])cc3)C(=CC=C3N(CCOCCOCCOCCOC)c4ccc(S(=O)(=O)O)cc4C3(C)CCOCCOCCOCCOC)CCC2)C(C)(CCOCCOCCOCCOC)c2cc(S(=O)(=O)[O-])ccc21.[Na+].[Na+]. The molecule has 0 aromatic heterocycles. The smallest absolute Gasteiger partial charge is 0.744 e. The Morgan fingerprint density at radius 2 is 0.965 bits per heavy atom. The third kappa shape index (κ3) is 33.0. The van der Waals surface area contributed by atoms with Gasteiger partial charge in [-0.05, 0) is 136 Å². The molecule has 0 saturated carbocycles. The van der Waals surface area contributed by atoms with Crippen molar-refractivity contribution in [2.45, 2.75) is 90.7 Å². The van der Waals surface area contributed by atoms with E-state index in [1.165, 1.54) is 36.4 Å². The maximum atomic E-state index is 12.9. The molecule has 32 nitrogen and oxygen atoms in total. The summed E-state index contributed by atoms with van der Waals surface area (Å²) < 4.78 is 211. The van der Waals surface area contributed by atoms with Gasteiger partial charge < -0.3 is 99.4 Å². The summed E-state index contributed by atoms with van der Waals surface area (Å²) in [4.78, 5) is 30.0. The summed E-state index contributed by atoms with van der Waals surface area (Å²) in [5, 5.41) is 0.926. The average Bonchev–Trinajstić information content (AvgIpc) is 1.58. The molecule has 2 atom stereocenters. The first-order chi connectivity index (χ1) is 53.9. The summed E-state index contributed by atoms with van der Waals surface area (Å²) in [6, 6.07) is 13.9. The molecule has 626 valence electrons. The van der Waals surface area contributed by atoms with E-state index in [1.54, 1.807) is 33.5 Å². The molecule has 0 spiro atoms. The van der Waals surface area contributed by atoms with E-state index in [-0.39, 0.29) is 220 Å². The zero-order valence-electron chi connectivity index (χ0n) is 66.8. The fourth-order valence-corrected chi connectivity index (χ4v) is 14.1. The van der Waals surface area contributed by atoms with Crippen molar-refractivity contribution in [1.82, 2.24) is 5.06 Å². The first-order valence-electron chi connectivity index (χ1n) is 37.3. The largest absolute Gasteiger partial charge is 1.00 e. The Morgan fingerprint density at radius 3 is 1.45 bits per heavy atom. The molecule has 0 radical (unpaired) electrons. The minimum Gasteiger partial charge on any atom is -0.744 e. The molecule has 1 N–H and O–H groups in total. The molecule has 1 aliphatic carbocycles. The molecule has 7 rings (SSSR count). The summed E-state index contributed by atoms with van der Waals surface area (Å²) in [5.74, 6) is -0.361. The van der Waals surface area contributed by atoms with Gasteiger partial charge in [0.25, 0.3) is 16.0 Å². The number of rotatable bonds is 60. The average molecular weight is 1680 g/mol. The van der Waals surface area contributed by atoms with Gasteiger partial charge in [-0.25, -0.2) is 21.6 Å². The molecular formula is C77H110N3Na2O29S3+. The molecule has 3 aliphatic heterocycles. The molecule has 3 heterocycles. The van der Waals surface area contributed by atoms with E-state index in [9.17, 15) is 48.5 Å². The first kappa shape index (κ1) is 100. The predicted molar refractivity (Wildman–Crippen MR) is 405 cm³/mol. The van der Waals surface area contributed by atoms with Gasteiger partial charge in [0, 0.05) is 82.0 Å². The van der Waals surface area contributed by atoms with E-state index in [2.05, 4.69) is 6.58 Å². The van der Waals surface area contributed by atoms with E-state index in [1.807, 2.05) is 47.6 Å². The van der Waals surface area contributed by atoms with Gasteiger partial charge in [-0.2, -0.15) is 13.0 Å². The maximum absolute atomic E-state index is 12.9. The number of hydroxylamine groups is 2. The van der Waals surface area contributed by atoms with Crippen LogP contribution >= 0.6 is 0 Å². The Kier molecular flexibility index (Phi) is 46.9. The second-order valence-corrected chi connectivity index (χ2v) is 30.5. The van der Waals surface area contributed by atoms with Crippen molar-refractivity contribution in [3.63, 3.8) is 0 Å². The Morgan fingerprint density at radius 1 is 0.518 bits per heavy atom. The van der Waals surface area contributed by atoms with Crippen LogP contribution in [0.15, 0.2) is 135 Å². The zero-order chi connectivity index (χ0) is 80.7. The van der Waals surface area contributed by atoms with Gasteiger partial charge in [0.15, 0.2) is 12.3 Å². The van der Waals surface area contributed by atoms with Crippen molar-refractivity contribution in [2.24, 2.45) is 0 Å². The number of methoxy groups -OCH3 is 3. The summed E-state index contributed by atoms with van der Waals surface area (Å²) in [7, 11) is -9.74. The molecule has 1 amide bonds. The van der Waals surface area contributed by atoms with E-state index in [0.717, 1.165) is 17.2 Å². The van der Waals surface area contributed by atoms with Gasteiger partial charge >= 0.3 is 65.1 Å². The molecule has 2 unspecified atom stereocenters. The summed E-state index contributed by atoms with van der Waals surface area (Å²) in [5.41, 5.74) is 3.53. The first-order valence-corrected chi connectivity index (χ1v) is 41.6. The summed E-state index contributed by atoms with van der Waals surface area (Å²) in [6.07, 6.45) is 10.4. The van der Waals surface area contributed by atoms with Gasteiger partial charge in [-0.1, -0.05) is 12.7 Å².